The van der Waals surface area contributed by atoms with Gasteiger partial charge in [0.15, 0.2) is 0 Å². The van der Waals surface area contributed by atoms with Gasteiger partial charge in [0.25, 0.3) is 0 Å². The number of carbonyl (C=O) groups excluding carboxylic acids is 1. The molecule has 4 nitrogen and oxygen atoms in total. The van der Waals surface area contributed by atoms with Gasteiger partial charge in [-0.3, -0.25) is 14.7 Å². The van der Waals surface area contributed by atoms with Crippen LogP contribution in [0.1, 0.15) is 69.8 Å². The second-order valence-electron chi connectivity index (χ2n) is 7.36. The van der Waals surface area contributed by atoms with Crippen molar-refractivity contribution < 1.29 is 4.79 Å². The molecule has 0 unspecified atom stereocenters. The zero-order valence-electron chi connectivity index (χ0n) is 14.9. The largest absolute Gasteiger partial charge is 0.352 e. The number of piperidine rings is 1. The highest BCUT2D eigenvalue weighted by molar-refractivity contribution is 5.82. The molecule has 0 aromatic carbocycles. The second-order valence-corrected chi connectivity index (χ2v) is 7.36. The first-order valence-electron chi connectivity index (χ1n) is 9.72. The van der Waals surface area contributed by atoms with Gasteiger partial charge in [-0.1, -0.05) is 26.2 Å². The minimum Gasteiger partial charge on any atom is -0.352 e. The summed E-state index contributed by atoms with van der Waals surface area (Å²) in [5.74, 6) is 0.870. The summed E-state index contributed by atoms with van der Waals surface area (Å²) >= 11 is 0. The minimum atomic E-state index is 0.0466. The van der Waals surface area contributed by atoms with Crippen molar-refractivity contribution >= 4 is 5.91 Å². The zero-order chi connectivity index (χ0) is 16.8. The molecule has 132 valence electrons. The van der Waals surface area contributed by atoms with Crippen molar-refractivity contribution in [1.29, 1.82) is 0 Å². The average Bonchev–Trinajstić information content (AvgIpc) is 2.64. The van der Waals surface area contributed by atoms with Gasteiger partial charge >= 0.3 is 0 Å². The molecule has 0 bridgehead atoms. The third-order valence-corrected chi connectivity index (χ3v) is 5.79. The van der Waals surface area contributed by atoms with Crippen LogP contribution < -0.4 is 5.32 Å². The van der Waals surface area contributed by atoms with Crippen LogP contribution in [0.5, 0.6) is 0 Å². The van der Waals surface area contributed by atoms with Crippen LogP contribution in [0.25, 0.3) is 0 Å². The first-order chi connectivity index (χ1) is 11.8. The Balaban J connectivity index is 1.52. The lowest BCUT2D eigenvalue weighted by Gasteiger charge is -2.37. The fourth-order valence-electron chi connectivity index (χ4n) is 4.33. The van der Waals surface area contributed by atoms with Crippen molar-refractivity contribution in [2.24, 2.45) is 0 Å². The maximum absolute atomic E-state index is 12.7. The van der Waals surface area contributed by atoms with Crippen molar-refractivity contribution in [1.82, 2.24) is 15.2 Å². The third kappa shape index (κ3) is 4.35. The first kappa shape index (κ1) is 17.4. The van der Waals surface area contributed by atoms with E-state index in [2.05, 4.69) is 34.3 Å². The van der Waals surface area contributed by atoms with Gasteiger partial charge in [0.1, 0.15) is 0 Å². The van der Waals surface area contributed by atoms with Crippen LogP contribution >= 0.6 is 0 Å². The average molecular weight is 329 g/mol. The van der Waals surface area contributed by atoms with E-state index in [0.29, 0.717) is 12.0 Å². The monoisotopic (exact) mass is 329 g/mol. The summed E-state index contributed by atoms with van der Waals surface area (Å²) in [5.41, 5.74) is 1.39. The quantitative estimate of drug-likeness (QED) is 0.899. The van der Waals surface area contributed by atoms with E-state index in [1.54, 1.807) is 0 Å². The maximum Gasteiger partial charge on any atom is 0.237 e. The Labute approximate surface area is 146 Å². The molecular weight excluding hydrogens is 298 g/mol. The molecule has 1 saturated heterocycles. The molecule has 1 amide bonds. The fraction of sp³-hybridized carbons (Fsp3) is 0.700. The highest BCUT2D eigenvalue weighted by atomic mass is 16.2. The van der Waals surface area contributed by atoms with Gasteiger partial charge in [-0.15, -0.1) is 0 Å². The number of amides is 1. The number of aromatic nitrogens is 1. The molecule has 1 aliphatic heterocycles. The van der Waals surface area contributed by atoms with Gasteiger partial charge in [0, 0.05) is 18.4 Å². The van der Waals surface area contributed by atoms with Crippen molar-refractivity contribution in [2.45, 2.75) is 76.3 Å². The van der Waals surface area contributed by atoms with E-state index in [9.17, 15) is 4.79 Å². The predicted octanol–water partition coefficient (Wildman–Crippen LogP) is 3.49. The summed E-state index contributed by atoms with van der Waals surface area (Å²) in [5, 5.41) is 3.32. The number of likely N-dealkylation sites (tertiary alicyclic amines) is 1. The van der Waals surface area contributed by atoms with Gasteiger partial charge in [-0.2, -0.15) is 0 Å². The number of carbonyl (C=O) groups is 1. The summed E-state index contributed by atoms with van der Waals surface area (Å²) < 4.78 is 0. The van der Waals surface area contributed by atoms with Crippen molar-refractivity contribution in [3.05, 3.63) is 30.1 Å². The minimum absolute atomic E-state index is 0.0466. The number of rotatable bonds is 5. The lowest BCUT2D eigenvalue weighted by atomic mass is 9.89. The van der Waals surface area contributed by atoms with Crippen LogP contribution in [-0.2, 0) is 4.79 Å². The molecule has 2 aliphatic rings. The van der Waals surface area contributed by atoms with Gasteiger partial charge in [0.05, 0.1) is 6.04 Å². The lowest BCUT2D eigenvalue weighted by Crippen LogP contribution is -2.51. The second kappa shape index (κ2) is 8.61. The Morgan fingerprint density at radius 3 is 2.46 bits per heavy atom. The van der Waals surface area contributed by atoms with Crippen molar-refractivity contribution in [3.8, 4) is 0 Å². The van der Waals surface area contributed by atoms with E-state index in [0.717, 1.165) is 45.2 Å². The number of hydrogen-bond donors (Lipinski definition) is 1. The molecule has 1 N–H and O–H groups in total. The Morgan fingerprint density at radius 1 is 1.17 bits per heavy atom. The summed E-state index contributed by atoms with van der Waals surface area (Å²) in [7, 11) is 0. The molecule has 1 aromatic heterocycles. The van der Waals surface area contributed by atoms with Crippen LogP contribution in [-0.4, -0.2) is 41.0 Å². The number of pyridine rings is 1. The number of nitrogens with one attached hydrogen (secondary N) is 1. The van der Waals surface area contributed by atoms with E-state index in [1.165, 1.54) is 24.8 Å². The molecule has 1 aromatic rings. The van der Waals surface area contributed by atoms with E-state index in [-0.39, 0.29) is 11.9 Å². The highest BCUT2D eigenvalue weighted by Gasteiger charge is 2.30. The molecule has 1 saturated carbocycles. The Kier molecular flexibility index (Phi) is 6.24. The molecule has 2 fully saturated rings. The standard InChI is InChI=1S/C20H31N3O/c1-2-19(20(24)22-18-6-4-3-5-7-18)23-14-10-17(11-15-23)16-8-12-21-13-9-16/h8-9,12-13,17-19H,2-7,10-11,14-15H2,1H3,(H,22,24)/t19-/m0/s1. The van der Waals surface area contributed by atoms with Crippen molar-refractivity contribution in [2.75, 3.05) is 13.1 Å². The van der Waals surface area contributed by atoms with E-state index >= 15 is 0 Å². The normalized spacial score (nSPS) is 22.2. The van der Waals surface area contributed by atoms with E-state index in [1.807, 2.05) is 12.4 Å². The number of nitrogens with zero attached hydrogens (tertiary/aromatic N) is 2. The predicted molar refractivity (Wildman–Crippen MR) is 96.9 cm³/mol. The first-order valence-corrected chi connectivity index (χ1v) is 9.72. The van der Waals surface area contributed by atoms with Crippen LogP contribution in [0.4, 0.5) is 0 Å². The van der Waals surface area contributed by atoms with Gasteiger partial charge < -0.3 is 5.32 Å². The molecule has 1 atom stereocenters. The van der Waals surface area contributed by atoms with Crippen molar-refractivity contribution in [3.63, 3.8) is 0 Å². The molecule has 4 heteroatoms. The van der Waals surface area contributed by atoms with E-state index in [4.69, 9.17) is 0 Å². The highest BCUT2D eigenvalue weighted by Crippen LogP contribution is 2.29. The Bertz CT molecular complexity index is 505. The summed E-state index contributed by atoms with van der Waals surface area (Å²) in [6.45, 7) is 4.17. The molecule has 24 heavy (non-hydrogen) atoms. The molecule has 0 radical (unpaired) electrons. The smallest absolute Gasteiger partial charge is 0.237 e. The SMILES string of the molecule is CC[C@@H](C(=O)NC1CCCCC1)N1CCC(c2ccncc2)CC1. The third-order valence-electron chi connectivity index (χ3n) is 5.79. The van der Waals surface area contributed by atoms with Gasteiger partial charge in [-0.05, 0) is 68.8 Å². The van der Waals surface area contributed by atoms with E-state index < -0.39 is 0 Å². The molecule has 1 aliphatic carbocycles. The van der Waals surface area contributed by atoms with Crippen LogP contribution in [0.15, 0.2) is 24.5 Å². The fourth-order valence-corrected chi connectivity index (χ4v) is 4.33. The van der Waals surface area contributed by atoms with Gasteiger partial charge in [-0.25, -0.2) is 0 Å². The summed E-state index contributed by atoms with van der Waals surface area (Å²) in [4.78, 5) is 19.2. The Hall–Kier alpha value is -1.42. The van der Waals surface area contributed by atoms with Crippen LogP contribution in [0.3, 0.4) is 0 Å². The Morgan fingerprint density at radius 2 is 1.83 bits per heavy atom. The van der Waals surface area contributed by atoms with Crippen LogP contribution in [0, 0.1) is 0 Å². The maximum atomic E-state index is 12.7. The van der Waals surface area contributed by atoms with Crippen LogP contribution in [0.2, 0.25) is 0 Å². The topological polar surface area (TPSA) is 45.2 Å². The zero-order valence-corrected chi connectivity index (χ0v) is 14.9. The molecule has 0 spiro atoms. The molecule has 2 heterocycles. The lowest BCUT2D eigenvalue weighted by molar-refractivity contribution is -0.128. The molecule has 3 rings (SSSR count). The summed E-state index contributed by atoms with van der Waals surface area (Å²) in [6, 6.07) is 4.72. The summed E-state index contributed by atoms with van der Waals surface area (Å²) in [6.07, 6.45) is 13.1. The molecular formula is C20H31N3O. The number of hydrogen-bond acceptors (Lipinski definition) is 3. The van der Waals surface area contributed by atoms with Gasteiger partial charge in [0.2, 0.25) is 5.91 Å².